The van der Waals surface area contributed by atoms with Crippen LogP contribution in [0.4, 0.5) is 5.69 Å². The van der Waals surface area contributed by atoms with E-state index in [4.69, 9.17) is 9.47 Å². The highest BCUT2D eigenvalue weighted by atomic mass is 16.6. The van der Waals surface area contributed by atoms with Gasteiger partial charge in [-0.25, -0.2) is 0 Å². The minimum atomic E-state index is -1.27. The summed E-state index contributed by atoms with van der Waals surface area (Å²) < 4.78 is 12.3. The van der Waals surface area contributed by atoms with E-state index < -0.39 is 47.7 Å². The van der Waals surface area contributed by atoms with E-state index in [1.54, 1.807) is 17.9 Å². The van der Waals surface area contributed by atoms with Crippen molar-refractivity contribution >= 4 is 23.5 Å². The number of ether oxygens (including phenoxy) is 2. The molecule has 2 aromatic carbocycles. The lowest BCUT2D eigenvalue weighted by Gasteiger charge is -2.40. The van der Waals surface area contributed by atoms with Gasteiger partial charge < -0.3 is 24.4 Å². The van der Waals surface area contributed by atoms with Gasteiger partial charge in [0, 0.05) is 12.2 Å². The van der Waals surface area contributed by atoms with Crippen LogP contribution < -0.4 is 4.90 Å². The molecule has 1 spiro atoms. The maximum Gasteiger partial charge on any atom is 0.312 e. The fourth-order valence-corrected chi connectivity index (χ4v) is 7.71. The highest BCUT2D eigenvalue weighted by molar-refractivity contribution is 6.05. The second kappa shape index (κ2) is 10.7. The summed E-state index contributed by atoms with van der Waals surface area (Å²) in [5.41, 5.74) is 1.03. The molecule has 3 aliphatic heterocycles. The van der Waals surface area contributed by atoms with E-state index in [1.807, 2.05) is 76.2 Å². The SMILES string of the molecule is C=CCN(C(=O)C1N([C@H](CO)c2ccccc2)C(=O)[C@@H]2[C@H](C(=O)OCC)[C@@]3(C)OC12CC3C)c1c(C)cccc1C. The topological polar surface area (TPSA) is 96.4 Å². The summed E-state index contributed by atoms with van der Waals surface area (Å²) in [6, 6.07) is 13.1. The Labute approximate surface area is 241 Å². The summed E-state index contributed by atoms with van der Waals surface area (Å²) >= 11 is 0. The average molecular weight is 561 g/mol. The molecule has 41 heavy (non-hydrogen) atoms. The van der Waals surface area contributed by atoms with Crippen LogP contribution in [0.5, 0.6) is 0 Å². The molecule has 3 fully saturated rings. The highest BCUT2D eigenvalue weighted by Crippen LogP contribution is 2.66. The highest BCUT2D eigenvalue weighted by Gasteiger charge is 2.81. The van der Waals surface area contributed by atoms with E-state index in [0.29, 0.717) is 12.0 Å². The summed E-state index contributed by atoms with van der Waals surface area (Å²) in [5, 5.41) is 10.7. The van der Waals surface area contributed by atoms with Crippen molar-refractivity contribution in [3.63, 3.8) is 0 Å². The number of nitrogens with zero attached hydrogens (tertiary/aromatic N) is 2. The van der Waals surface area contributed by atoms with Gasteiger partial charge in [-0.15, -0.1) is 6.58 Å². The molecule has 8 heteroatoms. The molecule has 218 valence electrons. The monoisotopic (exact) mass is 560 g/mol. The summed E-state index contributed by atoms with van der Waals surface area (Å²) in [6.07, 6.45) is 2.09. The molecule has 0 saturated carbocycles. The van der Waals surface area contributed by atoms with Crippen LogP contribution in [0.25, 0.3) is 0 Å². The summed E-state index contributed by atoms with van der Waals surface area (Å²) in [6.45, 7) is 13.4. The third-order valence-electron chi connectivity index (χ3n) is 9.51. The molecule has 8 nitrogen and oxygen atoms in total. The number of aryl methyl sites for hydroxylation is 2. The van der Waals surface area contributed by atoms with Crippen LogP contribution in [0.1, 0.15) is 49.9 Å². The number of benzene rings is 2. The number of hydrogen-bond acceptors (Lipinski definition) is 6. The minimum absolute atomic E-state index is 0.117. The van der Waals surface area contributed by atoms with E-state index in [9.17, 15) is 19.5 Å². The van der Waals surface area contributed by atoms with E-state index in [2.05, 4.69) is 6.58 Å². The Morgan fingerprint density at radius 2 is 1.85 bits per heavy atom. The Bertz CT molecular complexity index is 1340. The first-order valence-electron chi connectivity index (χ1n) is 14.4. The van der Waals surface area contributed by atoms with Crippen LogP contribution in [0, 0.1) is 31.6 Å². The number of aliphatic hydroxyl groups excluding tert-OH is 1. The zero-order valence-electron chi connectivity index (χ0n) is 24.5. The second-order valence-corrected chi connectivity index (χ2v) is 11.8. The number of carbonyl (C=O) groups excluding carboxylic acids is 3. The van der Waals surface area contributed by atoms with Crippen LogP contribution in [-0.4, -0.2) is 64.8 Å². The number of hydrogen-bond donors (Lipinski definition) is 1. The van der Waals surface area contributed by atoms with Crippen LogP contribution in [-0.2, 0) is 23.9 Å². The predicted octanol–water partition coefficient (Wildman–Crippen LogP) is 4.13. The molecule has 0 aromatic heterocycles. The molecular weight excluding hydrogens is 520 g/mol. The van der Waals surface area contributed by atoms with Gasteiger partial charge in [0.25, 0.3) is 5.91 Å². The molecule has 5 rings (SSSR count). The van der Waals surface area contributed by atoms with Gasteiger partial charge in [0.2, 0.25) is 5.91 Å². The van der Waals surface area contributed by atoms with Gasteiger partial charge in [-0.05, 0) is 56.7 Å². The lowest BCUT2D eigenvalue weighted by molar-refractivity contribution is -0.162. The lowest BCUT2D eigenvalue weighted by Crippen LogP contribution is -2.57. The van der Waals surface area contributed by atoms with Crippen LogP contribution in [0.2, 0.25) is 0 Å². The Hall–Kier alpha value is -3.49. The Balaban J connectivity index is 1.72. The fourth-order valence-electron chi connectivity index (χ4n) is 7.71. The van der Waals surface area contributed by atoms with E-state index in [1.165, 1.54) is 4.90 Å². The third-order valence-corrected chi connectivity index (χ3v) is 9.51. The van der Waals surface area contributed by atoms with Gasteiger partial charge in [-0.2, -0.15) is 0 Å². The summed E-state index contributed by atoms with van der Waals surface area (Å²) in [7, 11) is 0. The third kappa shape index (κ3) is 4.22. The van der Waals surface area contributed by atoms with Crippen LogP contribution in [0.15, 0.2) is 61.2 Å². The second-order valence-electron chi connectivity index (χ2n) is 11.8. The molecule has 3 saturated heterocycles. The van der Waals surface area contributed by atoms with Crippen molar-refractivity contribution in [1.82, 2.24) is 4.90 Å². The van der Waals surface area contributed by atoms with Crippen LogP contribution >= 0.6 is 0 Å². The Kier molecular flexibility index (Phi) is 7.59. The van der Waals surface area contributed by atoms with Gasteiger partial charge in [0.05, 0.1) is 30.8 Å². The normalized spacial score (nSPS) is 30.7. The van der Waals surface area contributed by atoms with Gasteiger partial charge in [-0.3, -0.25) is 14.4 Å². The van der Waals surface area contributed by atoms with Gasteiger partial charge in [-0.1, -0.05) is 61.5 Å². The largest absolute Gasteiger partial charge is 0.466 e. The number of anilines is 1. The van der Waals surface area contributed by atoms with Gasteiger partial charge in [0.1, 0.15) is 17.6 Å². The van der Waals surface area contributed by atoms with Crippen molar-refractivity contribution in [2.24, 2.45) is 17.8 Å². The quantitative estimate of drug-likeness (QED) is 0.366. The molecule has 3 heterocycles. The van der Waals surface area contributed by atoms with Crippen molar-refractivity contribution < 1.29 is 29.0 Å². The molecular formula is C33H40N2O6. The standard InChI is InChI=1S/C33H40N2O6/c1-7-17-34(27-20(3)13-12-14-21(27)4)30(38)28-33-18-22(5)32(6,41-33)26(31(39)40-8-2)25(33)29(37)35(28)24(19-36)23-15-10-9-11-16-23/h7,9-16,22,24-26,28,36H,1,8,17-19H2,2-6H3/t22?,24-,25+,26-,28?,32+,33?/m1/s1. The number of esters is 1. The predicted molar refractivity (Wildman–Crippen MR) is 155 cm³/mol. The van der Waals surface area contributed by atoms with Crippen molar-refractivity contribution in [2.75, 3.05) is 24.7 Å². The molecule has 1 N–H and O–H groups in total. The maximum absolute atomic E-state index is 15.0. The first-order valence-corrected chi connectivity index (χ1v) is 14.4. The first kappa shape index (κ1) is 29.0. The van der Waals surface area contributed by atoms with Crippen molar-refractivity contribution in [1.29, 1.82) is 0 Å². The number of likely N-dealkylation sites (tertiary alicyclic amines) is 1. The number of amides is 2. The molecule has 2 aromatic rings. The van der Waals surface area contributed by atoms with E-state index in [0.717, 1.165) is 16.8 Å². The average Bonchev–Trinajstić information content (AvgIpc) is 3.46. The van der Waals surface area contributed by atoms with Crippen molar-refractivity contribution in [3.8, 4) is 0 Å². The maximum atomic E-state index is 15.0. The number of para-hydroxylation sites is 1. The molecule has 0 radical (unpaired) electrons. The van der Waals surface area contributed by atoms with E-state index >= 15 is 0 Å². The summed E-state index contributed by atoms with van der Waals surface area (Å²) in [5.74, 6) is -3.10. The molecule has 7 atom stereocenters. The van der Waals surface area contributed by atoms with Crippen LogP contribution in [0.3, 0.4) is 0 Å². The zero-order valence-corrected chi connectivity index (χ0v) is 24.5. The molecule has 2 amide bonds. The number of fused-ring (bicyclic) bond motifs is 1. The lowest BCUT2D eigenvalue weighted by atomic mass is 9.62. The summed E-state index contributed by atoms with van der Waals surface area (Å²) in [4.78, 5) is 46.3. The van der Waals surface area contributed by atoms with Gasteiger partial charge >= 0.3 is 5.97 Å². The fraction of sp³-hybridized carbons (Fsp3) is 0.485. The zero-order chi connectivity index (χ0) is 29.7. The molecule has 0 aliphatic carbocycles. The number of rotatable bonds is 9. The van der Waals surface area contributed by atoms with Crippen molar-refractivity contribution in [2.45, 2.75) is 64.3 Å². The molecule has 2 bridgehead atoms. The van der Waals surface area contributed by atoms with Crippen molar-refractivity contribution in [3.05, 3.63) is 77.9 Å². The Morgan fingerprint density at radius 3 is 2.44 bits per heavy atom. The Morgan fingerprint density at radius 1 is 1.20 bits per heavy atom. The first-order chi connectivity index (χ1) is 19.6. The van der Waals surface area contributed by atoms with Gasteiger partial charge in [0.15, 0.2) is 0 Å². The number of carbonyl (C=O) groups is 3. The molecule has 3 aliphatic rings. The molecule has 3 unspecified atom stereocenters. The smallest absolute Gasteiger partial charge is 0.312 e. The minimum Gasteiger partial charge on any atom is -0.466 e. The van der Waals surface area contributed by atoms with E-state index in [-0.39, 0.29) is 30.9 Å². The number of aliphatic hydroxyl groups is 1.